The van der Waals surface area contributed by atoms with E-state index in [0.717, 1.165) is 0 Å². The van der Waals surface area contributed by atoms with Crippen LogP contribution in [-0.2, 0) is 23.7 Å². The Hall–Kier alpha value is -2.56. The van der Waals surface area contributed by atoms with Crippen molar-refractivity contribution in [2.45, 2.75) is 32.7 Å². The van der Waals surface area contributed by atoms with Crippen LogP contribution in [0.25, 0.3) is 11.3 Å². The number of alkyl halides is 6. The lowest BCUT2D eigenvalue weighted by Crippen LogP contribution is -2.47. The number of rotatable bonds is 3. The van der Waals surface area contributed by atoms with Crippen LogP contribution in [0.4, 0.5) is 26.3 Å². The Balaban J connectivity index is 0.00000145. The summed E-state index contributed by atoms with van der Waals surface area (Å²) >= 11 is 0. The van der Waals surface area contributed by atoms with Gasteiger partial charge in [0.25, 0.3) is 0 Å². The second kappa shape index (κ2) is 8.85. The predicted molar refractivity (Wildman–Crippen MR) is 91.6 cm³/mol. The van der Waals surface area contributed by atoms with Crippen LogP contribution in [0.2, 0.25) is 0 Å². The molecule has 0 radical (unpaired) electrons. The van der Waals surface area contributed by atoms with E-state index < -0.39 is 23.5 Å². The van der Waals surface area contributed by atoms with E-state index in [1.165, 1.54) is 11.0 Å². The fourth-order valence-electron chi connectivity index (χ4n) is 2.63. The van der Waals surface area contributed by atoms with E-state index in [1.54, 1.807) is 0 Å². The van der Waals surface area contributed by atoms with E-state index in [-0.39, 0.29) is 42.1 Å². The molecule has 0 spiro atoms. The van der Waals surface area contributed by atoms with Crippen molar-refractivity contribution in [3.63, 3.8) is 0 Å². The normalized spacial score (nSPS) is 15.2. The summed E-state index contributed by atoms with van der Waals surface area (Å²) in [5.41, 5.74) is -3.42. The highest BCUT2D eigenvalue weighted by atomic mass is 19.4. The summed E-state index contributed by atoms with van der Waals surface area (Å²) in [7, 11) is 0. The van der Waals surface area contributed by atoms with Crippen molar-refractivity contribution in [3.8, 4) is 11.3 Å². The molecular weight excluding hydrogens is 404 g/mol. The lowest BCUT2D eigenvalue weighted by molar-refractivity contribution is -0.143. The van der Waals surface area contributed by atoms with E-state index in [0.29, 0.717) is 25.2 Å². The quantitative estimate of drug-likeness (QED) is 0.747. The molecule has 0 bridgehead atoms. The van der Waals surface area contributed by atoms with E-state index in [9.17, 15) is 31.1 Å². The number of benzene rings is 1. The molecule has 1 amide bonds. The number of piperazine rings is 1. The summed E-state index contributed by atoms with van der Waals surface area (Å²) in [6, 6.07) is 2.43. The van der Waals surface area contributed by atoms with Crippen molar-refractivity contribution in [2.24, 2.45) is 0 Å². The molecule has 3 rings (SSSR count). The molecule has 1 saturated heterocycles. The summed E-state index contributed by atoms with van der Waals surface area (Å²) in [5, 5.41) is 6.43. The first-order valence-corrected chi connectivity index (χ1v) is 8.78. The van der Waals surface area contributed by atoms with Gasteiger partial charge in [-0.1, -0.05) is 19.0 Å². The van der Waals surface area contributed by atoms with Gasteiger partial charge in [-0.05, 0) is 18.2 Å². The van der Waals surface area contributed by atoms with Gasteiger partial charge in [-0.2, -0.15) is 26.3 Å². The van der Waals surface area contributed by atoms with Crippen LogP contribution in [0.3, 0.4) is 0 Å². The molecule has 1 aliphatic heterocycles. The summed E-state index contributed by atoms with van der Waals surface area (Å²) in [5.74, 6) is -0.0381. The second-order valence-corrected chi connectivity index (χ2v) is 5.97. The molecule has 0 aliphatic carbocycles. The van der Waals surface area contributed by atoms with Crippen molar-refractivity contribution >= 4 is 5.91 Å². The minimum absolute atomic E-state index is 0.0264. The Kier molecular flexibility index (Phi) is 6.93. The van der Waals surface area contributed by atoms with Crippen molar-refractivity contribution in [1.29, 1.82) is 0 Å². The molecule has 0 saturated carbocycles. The Bertz CT molecular complexity index is 813. The van der Waals surface area contributed by atoms with Gasteiger partial charge in [0.2, 0.25) is 5.91 Å². The van der Waals surface area contributed by atoms with Gasteiger partial charge in [-0.15, -0.1) is 0 Å². The Morgan fingerprint density at radius 2 is 1.62 bits per heavy atom. The molecule has 1 aromatic heterocycles. The molecule has 2 heterocycles. The number of carbonyl (C=O) groups excluding carboxylic acids is 1. The van der Waals surface area contributed by atoms with E-state index >= 15 is 0 Å². The number of halogens is 6. The van der Waals surface area contributed by atoms with Gasteiger partial charge >= 0.3 is 12.4 Å². The molecule has 1 aliphatic rings. The first-order valence-electron chi connectivity index (χ1n) is 8.78. The molecule has 29 heavy (non-hydrogen) atoms. The minimum Gasteiger partial charge on any atom is -0.359 e. The number of nitrogens with zero attached hydrogens (tertiary/aromatic N) is 2. The highest BCUT2D eigenvalue weighted by Crippen LogP contribution is 2.38. The van der Waals surface area contributed by atoms with Gasteiger partial charge in [0.05, 0.1) is 24.2 Å². The van der Waals surface area contributed by atoms with E-state index in [2.05, 4.69) is 10.5 Å². The number of amides is 1. The maximum atomic E-state index is 12.9. The number of hydrogen-bond donors (Lipinski definition) is 1. The van der Waals surface area contributed by atoms with Crippen LogP contribution in [0.1, 0.15) is 30.7 Å². The number of hydrogen-bond acceptors (Lipinski definition) is 4. The topological polar surface area (TPSA) is 58.4 Å². The zero-order valence-electron chi connectivity index (χ0n) is 15.6. The minimum atomic E-state index is -4.95. The van der Waals surface area contributed by atoms with Gasteiger partial charge in [0, 0.05) is 24.7 Å². The maximum Gasteiger partial charge on any atom is 0.416 e. The monoisotopic (exact) mass is 423 g/mol. The highest BCUT2D eigenvalue weighted by Gasteiger charge is 2.37. The average Bonchev–Trinajstić information content (AvgIpc) is 3.12. The van der Waals surface area contributed by atoms with Crippen LogP contribution in [0.15, 0.2) is 28.8 Å². The van der Waals surface area contributed by atoms with Crippen molar-refractivity contribution in [3.05, 3.63) is 41.2 Å². The van der Waals surface area contributed by atoms with Crippen molar-refractivity contribution in [2.75, 3.05) is 19.6 Å². The Labute approximate surface area is 162 Å². The first-order chi connectivity index (χ1) is 13.5. The third-order valence-electron chi connectivity index (χ3n) is 3.98. The third kappa shape index (κ3) is 5.72. The molecule has 5 nitrogen and oxygen atoms in total. The molecule has 160 valence electrons. The number of carbonyl (C=O) groups is 1. The molecule has 1 N–H and O–H groups in total. The van der Waals surface area contributed by atoms with Crippen molar-refractivity contribution in [1.82, 2.24) is 15.4 Å². The largest absolute Gasteiger partial charge is 0.416 e. The summed E-state index contributed by atoms with van der Waals surface area (Å²) < 4.78 is 82.7. The van der Waals surface area contributed by atoms with Gasteiger partial charge in [0.1, 0.15) is 5.69 Å². The predicted octanol–water partition coefficient (Wildman–Crippen LogP) is 4.34. The van der Waals surface area contributed by atoms with Crippen LogP contribution >= 0.6 is 0 Å². The van der Waals surface area contributed by atoms with Gasteiger partial charge in [-0.3, -0.25) is 4.79 Å². The van der Waals surface area contributed by atoms with Crippen LogP contribution in [0.5, 0.6) is 0 Å². The molecule has 1 fully saturated rings. The molecule has 2 aromatic rings. The lowest BCUT2D eigenvalue weighted by atomic mass is 10.0. The van der Waals surface area contributed by atoms with Gasteiger partial charge < -0.3 is 14.7 Å². The Morgan fingerprint density at radius 3 is 2.14 bits per heavy atom. The van der Waals surface area contributed by atoms with Crippen LogP contribution in [0, 0.1) is 0 Å². The summed E-state index contributed by atoms with van der Waals surface area (Å²) in [6.07, 6.45) is -9.90. The highest BCUT2D eigenvalue weighted by molar-refractivity contribution is 5.79. The van der Waals surface area contributed by atoms with Crippen LogP contribution < -0.4 is 5.32 Å². The first kappa shape index (κ1) is 22.7. The zero-order chi connectivity index (χ0) is 21.8. The molecular formula is C18H19F6N3O2. The maximum absolute atomic E-state index is 12.9. The van der Waals surface area contributed by atoms with Crippen molar-refractivity contribution < 1.29 is 35.7 Å². The van der Waals surface area contributed by atoms with Gasteiger partial charge in [0.15, 0.2) is 5.76 Å². The average molecular weight is 423 g/mol. The lowest BCUT2D eigenvalue weighted by Gasteiger charge is -2.26. The summed E-state index contributed by atoms with van der Waals surface area (Å²) in [6.45, 7) is 5.13. The molecule has 11 heteroatoms. The number of nitrogens with one attached hydrogen (secondary N) is 1. The zero-order valence-corrected chi connectivity index (χ0v) is 15.6. The summed E-state index contributed by atoms with van der Waals surface area (Å²) in [4.78, 5) is 13.2. The fraction of sp³-hybridized carbons (Fsp3) is 0.444. The SMILES string of the molecule is CC.O=C1CNCCN1Cc1cc(-c2cc(C(F)(F)F)cc(C(F)(F)F)c2)no1. The number of aromatic nitrogens is 1. The molecule has 1 aromatic carbocycles. The third-order valence-corrected chi connectivity index (χ3v) is 3.98. The van der Waals surface area contributed by atoms with Crippen LogP contribution in [-0.4, -0.2) is 35.6 Å². The Morgan fingerprint density at radius 1 is 1.03 bits per heavy atom. The van der Waals surface area contributed by atoms with E-state index in [1.807, 2.05) is 13.8 Å². The fourth-order valence-corrected chi connectivity index (χ4v) is 2.63. The van der Waals surface area contributed by atoms with Gasteiger partial charge in [-0.25, -0.2) is 0 Å². The second-order valence-electron chi connectivity index (χ2n) is 5.97. The van der Waals surface area contributed by atoms with E-state index in [4.69, 9.17) is 4.52 Å². The smallest absolute Gasteiger partial charge is 0.359 e. The standard InChI is InChI=1S/C16H13F6N3O2.C2H6/c17-15(18,19)10-3-9(4-11(5-10)16(20,21)22)13-6-12(27-24-13)8-25-2-1-23-7-14(25)26;1-2/h3-6,23H,1-2,7-8H2;1-2H3. The molecule has 0 unspecified atom stereocenters. The molecule has 0 atom stereocenters.